The summed E-state index contributed by atoms with van der Waals surface area (Å²) in [6.45, 7) is 0. The molecule has 1 aromatic carbocycles. The van der Waals surface area contributed by atoms with E-state index in [2.05, 4.69) is 15.9 Å². The SMILES string of the molecule is Fc1cccc(F)c1CC(Br)c1ccsc1. The van der Waals surface area contributed by atoms with Crippen LogP contribution in [0.2, 0.25) is 0 Å². The third kappa shape index (κ3) is 2.50. The summed E-state index contributed by atoms with van der Waals surface area (Å²) in [5.41, 5.74) is 1.18. The van der Waals surface area contributed by atoms with Crippen LogP contribution < -0.4 is 0 Å². The molecule has 2 rings (SSSR count). The third-order valence-electron chi connectivity index (χ3n) is 2.35. The van der Waals surface area contributed by atoms with Crippen LogP contribution in [-0.2, 0) is 6.42 Å². The second-order valence-corrected chi connectivity index (χ2v) is 5.31. The van der Waals surface area contributed by atoms with Crippen molar-refractivity contribution in [1.29, 1.82) is 0 Å². The van der Waals surface area contributed by atoms with E-state index in [1.165, 1.54) is 18.2 Å². The van der Waals surface area contributed by atoms with Crippen molar-refractivity contribution in [1.82, 2.24) is 0 Å². The Labute approximate surface area is 105 Å². The van der Waals surface area contributed by atoms with E-state index in [0.29, 0.717) is 6.42 Å². The maximum atomic E-state index is 13.4. The van der Waals surface area contributed by atoms with Crippen LogP contribution in [0.3, 0.4) is 0 Å². The Morgan fingerprint density at radius 2 is 1.88 bits per heavy atom. The van der Waals surface area contributed by atoms with Crippen molar-refractivity contribution in [2.75, 3.05) is 0 Å². The molecule has 0 bridgehead atoms. The van der Waals surface area contributed by atoms with Crippen LogP contribution in [0.15, 0.2) is 35.0 Å². The molecule has 0 fully saturated rings. The largest absolute Gasteiger partial charge is 0.207 e. The van der Waals surface area contributed by atoms with Gasteiger partial charge in [0.25, 0.3) is 0 Å². The van der Waals surface area contributed by atoms with E-state index in [-0.39, 0.29) is 10.4 Å². The van der Waals surface area contributed by atoms with Crippen LogP contribution in [0.1, 0.15) is 16.0 Å². The van der Waals surface area contributed by atoms with Crippen LogP contribution in [0.4, 0.5) is 8.78 Å². The molecule has 16 heavy (non-hydrogen) atoms. The first-order chi connectivity index (χ1) is 7.68. The quantitative estimate of drug-likeness (QED) is 0.721. The van der Waals surface area contributed by atoms with Crippen molar-refractivity contribution in [3.05, 3.63) is 57.8 Å². The van der Waals surface area contributed by atoms with Gasteiger partial charge in [-0.2, -0.15) is 11.3 Å². The predicted octanol–water partition coefficient (Wildman–Crippen LogP) is 4.71. The Morgan fingerprint density at radius 1 is 1.19 bits per heavy atom. The minimum atomic E-state index is -0.486. The highest BCUT2D eigenvalue weighted by Crippen LogP contribution is 2.30. The van der Waals surface area contributed by atoms with Gasteiger partial charge in [0.1, 0.15) is 11.6 Å². The van der Waals surface area contributed by atoms with Gasteiger partial charge >= 0.3 is 0 Å². The fourth-order valence-corrected chi connectivity index (χ4v) is 2.98. The zero-order valence-corrected chi connectivity index (χ0v) is 10.7. The zero-order chi connectivity index (χ0) is 11.5. The molecule has 0 aliphatic rings. The van der Waals surface area contributed by atoms with Crippen molar-refractivity contribution >= 4 is 27.3 Å². The molecule has 0 aliphatic carbocycles. The van der Waals surface area contributed by atoms with Crippen LogP contribution in [0.25, 0.3) is 0 Å². The van der Waals surface area contributed by atoms with E-state index in [0.717, 1.165) is 5.56 Å². The van der Waals surface area contributed by atoms with E-state index >= 15 is 0 Å². The lowest BCUT2D eigenvalue weighted by atomic mass is 10.1. The second-order valence-electron chi connectivity index (χ2n) is 3.43. The summed E-state index contributed by atoms with van der Waals surface area (Å²) >= 11 is 5.01. The van der Waals surface area contributed by atoms with Gasteiger partial charge < -0.3 is 0 Å². The summed E-state index contributed by atoms with van der Waals surface area (Å²) in [7, 11) is 0. The van der Waals surface area contributed by atoms with E-state index < -0.39 is 11.6 Å². The van der Waals surface area contributed by atoms with E-state index in [9.17, 15) is 8.78 Å². The topological polar surface area (TPSA) is 0 Å². The molecule has 0 spiro atoms. The number of alkyl halides is 1. The molecule has 0 amide bonds. The van der Waals surface area contributed by atoms with Gasteiger partial charge in [-0.15, -0.1) is 0 Å². The molecular formula is C12H9BrF2S. The number of hydrogen-bond acceptors (Lipinski definition) is 1. The van der Waals surface area contributed by atoms with Crippen LogP contribution in [0.5, 0.6) is 0 Å². The van der Waals surface area contributed by atoms with Gasteiger partial charge in [0.15, 0.2) is 0 Å². The summed E-state index contributed by atoms with van der Waals surface area (Å²) in [6.07, 6.45) is 0.315. The van der Waals surface area contributed by atoms with Crippen molar-refractivity contribution < 1.29 is 8.78 Å². The molecule has 84 valence electrons. The first kappa shape index (κ1) is 11.7. The highest BCUT2D eigenvalue weighted by atomic mass is 79.9. The molecular weight excluding hydrogens is 294 g/mol. The molecule has 0 nitrogen and oxygen atoms in total. The molecule has 4 heteroatoms. The first-order valence-corrected chi connectivity index (χ1v) is 6.63. The molecule has 0 radical (unpaired) electrons. The minimum Gasteiger partial charge on any atom is -0.207 e. The monoisotopic (exact) mass is 302 g/mol. The first-order valence-electron chi connectivity index (χ1n) is 4.77. The van der Waals surface area contributed by atoms with Gasteiger partial charge in [0, 0.05) is 10.4 Å². The van der Waals surface area contributed by atoms with Gasteiger partial charge in [0.2, 0.25) is 0 Å². The Morgan fingerprint density at radius 3 is 2.44 bits per heavy atom. The molecule has 1 unspecified atom stereocenters. The van der Waals surface area contributed by atoms with E-state index in [4.69, 9.17) is 0 Å². The highest BCUT2D eigenvalue weighted by molar-refractivity contribution is 9.09. The Bertz CT molecular complexity index is 448. The van der Waals surface area contributed by atoms with Gasteiger partial charge in [-0.25, -0.2) is 8.78 Å². The number of hydrogen-bond donors (Lipinski definition) is 0. The van der Waals surface area contributed by atoms with Crippen LogP contribution >= 0.6 is 27.3 Å². The molecule has 0 saturated heterocycles. The Hall–Kier alpha value is -0.740. The number of benzene rings is 1. The predicted molar refractivity (Wildman–Crippen MR) is 66.0 cm³/mol. The third-order valence-corrected chi connectivity index (χ3v) is 3.90. The van der Waals surface area contributed by atoms with Gasteiger partial charge in [-0.1, -0.05) is 22.0 Å². The maximum Gasteiger partial charge on any atom is 0.129 e. The zero-order valence-electron chi connectivity index (χ0n) is 8.29. The standard InChI is InChI=1S/C12H9BrF2S/c13-10(8-4-5-16-7-8)6-9-11(14)2-1-3-12(9)15/h1-5,7,10H,6H2. The summed E-state index contributed by atoms with van der Waals surface area (Å²) in [4.78, 5) is -0.0508. The van der Waals surface area contributed by atoms with Gasteiger partial charge in [0.05, 0.1) is 0 Å². The molecule has 1 atom stereocenters. The average molecular weight is 303 g/mol. The highest BCUT2D eigenvalue weighted by Gasteiger charge is 2.15. The summed E-state index contributed by atoms with van der Waals surface area (Å²) in [5, 5.41) is 3.92. The summed E-state index contributed by atoms with van der Waals surface area (Å²) < 4.78 is 26.8. The smallest absolute Gasteiger partial charge is 0.129 e. The molecule has 1 heterocycles. The van der Waals surface area contributed by atoms with Crippen molar-refractivity contribution in [3.8, 4) is 0 Å². The summed E-state index contributed by atoms with van der Waals surface area (Å²) in [5.74, 6) is -0.973. The van der Waals surface area contributed by atoms with Crippen LogP contribution in [-0.4, -0.2) is 0 Å². The Balaban J connectivity index is 2.21. The molecule has 0 aliphatic heterocycles. The van der Waals surface area contributed by atoms with Crippen molar-refractivity contribution in [2.45, 2.75) is 11.2 Å². The fraction of sp³-hybridized carbons (Fsp3) is 0.167. The molecule has 0 saturated carbocycles. The number of thiophene rings is 1. The lowest BCUT2D eigenvalue weighted by Gasteiger charge is -2.09. The maximum absolute atomic E-state index is 13.4. The van der Waals surface area contributed by atoms with Gasteiger partial charge in [-0.05, 0) is 40.9 Å². The van der Waals surface area contributed by atoms with Crippen molar-refractivity contribution in [3.63, 3.8) is 0 Å². The van der Waals surface area contributed by atoms with E-state index in [1.807, 2.05) is 16.8 Å². The van der Waals surface area contributed by atoms with Crippen LogP contribution in [0, 0.1) is 11.6 Å². The molecule has 2 aromatic rings. The molecule has 0 N–H and O–H groups in total. The second kappa shape index (κ2) is 5.06. The normalized spacial score (nSPS) is 12.7. The summed E-state index contributed by atoms with van der Waals surface area (Å²) in [6, 6.07) is 5.89. The lowest BCUT2D eigenvalue weighted by molar-refractivity contribution is 0.554. The average Bonchev–Trinajstić information content (AvgIpc) is 2.76. The van der Waals surface area contributed by atoms with Gasteiger partial charge in [-0.3, -0.25) is 0 Å². The minimum absolute atomic E-state index is 0.0508. The van der Waals surface area contributed by atoms with Crippen molar-refractivity contribution in [2.24, 2.45) is 0 Å². The number of rotatable bonds is 3. The molecule has 1 aromatic heterocycles. The fourth-order valence-electron chi connectivity index (χ4n) is 1.48. The number of halogens is 3. The lowest BCUT2D eigenvalue weighted by Crippen LogP contribution is -2.00. The van der Waals surface area contributed by atoms with E-state index in [1.54, 1.807) is 11.3 Å². The Kier molecular flexibility index (Phi) is 3.71.